The SMILES string of the molecule is CC(=O)c1ccc(OCCc2scnc2C)cc1. The van der Waals surface area contributed by atoms with Gasteiger partial charge in [0.05, 0.1) is 17.8 Å². The lowest BCUT2D eigenvalue weighted by Crippen LogP contribution is -2.01. The molecule has 1 aromatic heterocycles. The van der Waals surface area contributed by atoms with E-state index in [1.54, 1.807) is 30.4 Å². The Morgan fingerprint density at radius 3 is 2.61 bits per heavy atom. The largest absolute Gasteiger partial charge is 0.493 e. The lowest BCUT2D eigenvalue weighted by molar-refractivity contribution is 0.101. The maximum atomic E-state index is 11.1. The Labute approximate surface area is 110 Å². The molecule has 0 bridgehead atoms. The van der Waals surface area contributed by atoms with Gasteiger partial charge in [0, 0.05) is 16.9 Å². The van der Waals surface area contributed by atoms with Crippen molar-refractivity contribution in [3.8, 4) is 5.75 Å². The van der Waals surface area contributed by atoms with Crippen LogP contribution in [-0.4, -0.2) is 17.4 Å². The molecule has 3 nitrogen and oxygen atoms in total. The predicted octanol–water partition coefficient (Wildman–Crippen LogP) is 3.28. The summed E-state index contributed by atoms with van der Waals surface area (Å²) in [7, 11) is 0. The van der Waals surface area contributed by atoms with Gasteiger partial charge in [-0.2, -0.15) is 0 Å². The summed E-state index contributed by atoms with van der Waals surface area (Å²) in [4.78, 5) is 16.6. The second-order valence-electron chi connectivity index (χ2n) is 4.04. The highest BCUT2D eigenvalue weighted by molar-refractivity contribution is 7.09. The number of hydrogen-bond acceptors (Lipinski definition) is 4. The molecule has 0 aliphatic carbocycles. The molecule has 2 aromatic rings. The van der Waals surface area contributed by atoms with Crippen LogP contribution in [0.5, 0.6) is 5.75 Å². The molecule has 0 amide bonds. The molecule has 0 unspecified atom stereocenters. The van der Waals surface area contributed by atoms with Crippen LogP contribution < -0.4 is 4.74 Å². The monoisotopic (exact) mass is 261 g/mol. The van der Waals surface area contributed by atoms with Crippen LogP contribution in [0.4, 0.5) is 0 Å². The van der Waals surface area contributed by atoms with Crippen molar-refractivity contribution in [1.29, 1.82) is 0 Å². The first-order chi connectivity index (χ1) is 8.66. The van der Waals surface area contributed by atoms with E-state index in [9.17, 15) is 4.79 Å². The van der Waals surface area contributed by atoms with E-state index in [4.69, 9.17) is 4.74 Å². The number of carbonyl (C=O) groups is 1. The Balaban J connectivity index is 1.87. The van der Waals surface area contributed by atoms with Crippen LogP contribution in [-0.2, 0) is 6.42 Å². The molecule has 1 aromatic carbocycles. The highest BCUT2D eigenvalue weighted by Gasteiger charge is 2.02. The molecule has 0 spiro atoms. The van der Waals surface area contributed by atoms with E-state index in [1.807, 2.05) is 24.6 Å². The van der Waals surface area contributed by atoms with Crippen LogP contribution >= 0.6 is 11.3 Å². The van der Waals surface area contributed by atoms with E-state index in [0.717, 1.165) is 17.9 Å². The number of ether oxygens (including phenoxy) is 1. The maximum Gasteiger partial charge on any atom is 0.159 e. The molecule has 1 heterocycles. The van der Waals surface area contributed by atoms with Crippen molar-refractivity contribution >= 4 is 17.1 Å². The molecule has 18 heavy (non-hydrogen) atoms. The highest BCUT2D eigenvalue weighted by Crippen LogP contribution is 2.15. The molecule has 0 N–H and O–H groups in total. The van der Waals surface area contributed by atoms with Gasteiger partial charge in [0.2, 0.25) is 0 Å². The van der Waals surface area contributed by atoms with Crippen molar-refractivity contribution in [2.24, 2.45) is 0 Å². The van der Waals surface area contributed by atoms with Gasteiger partial charge in [-0.25, -0.2) is 4.98 Å². The van der Waals surface area contributed by atoms with E-state index < -0.39 is 0 Å². The van der Waals surface area contributed by atoms with Crippen molar-refractivity contribution in [3.63, 3.8) is 0 Å². The number of Topliss-reactive ketones (excluding diaryl/α,β-unsaturated/α-hetero) is 1. The number of aromatic nitrogens is 1. The topological polar surface area (TPSA) is 39.2 Å². The predicted molar refractivity (Wildman–Crippen MR) is 72.5 cm³/mol. The third-order valence-electron chi connectivity index (χ3n) is 2.70. The average Bonchev–Trinajstić information content (AvgIpc) is 2.76. The molecule has 4 heteroatoms. The van der Waals surface area contributed by atoms with Crippen molar-refractivity contribution in [2.45, 2.75) is 20.3 Å². The fraction of sp³-hybridized carbons (Fsp3) is 0.286. The first kappa shape index (κ1) is 12.8. The number of thiazole rings is 1. The van der Waals surface area contributed by atoms with Gasteiger partial charge in [-0.05, 0) is 38.1 Å². The molecule has 0 radical (unpaired) electrons. The van der Waals surface area contributed by atoms with Crippen LogP contribution in [0.3, 0.4) is 0 Å². The molecular formula is C14H15NO2S. The Bertz CT molecular complexity index is 531. The number of rotatable bonds is 5. The average molecular weight is 261 g/mol. The summed E-state index contributed by atoms with van der Waals surface area (Å²) >= 11 is 1.66. The lowest BCUT2D eigenvalue weighted by atomic mass is 10.1. The number of hydrogen-bond donors (Lipinski definition) is 0. The Kier molecular flexibility index (Phi) is 4.10. The van der Waals surface area contributed by atoms with Crippen LogP contribution in [0.25, 0.3) is 0 Å². The number of aryl methyl sites for hydroxylation is 1. The van der Waals surface area contributed by atoms with Gasteiger partial charge in [0.25, 0.3) is 0 Å². The van der Waals surface area contributed by atoms with Gasteiger partial charge in [0.15, 0.2) is 5.78 Å². The minimum absolute atomic E-state index is 0.0711. The highest BCUT2D eigenvalue weighted by atomic mass is 32.1. The molecule has 0 aliphatic heterocycles. The third kappa shape index (κ3) is 3.17. The van der Waals surface area contributed by atoms with Gasteiger partial charge in [-0.1, -0.05) is 0 Å². The fourth-order valence-electron chi connectivity index (χ4n) is 1.61. The second kappa shape index (κ2) is 5.78. The van der Waals surface area contributed by atoms with E-state index in [0.29, 0.717) is 12.2 Å². The first-order valence-electron chi connectivity index (χ1n) is 5.79. The Hall–Kier alpha value is -1.68. The standard InChI is InChI=1S/C14H15NO2S/c1-10-14(18-9-15-10)7-8-17-13-5-3-12(4-6-13)11(2)16/h3-6,9H,7-8H2,1-2H3. The fourth-order valence-corrected chi connectivity index (χ4v) is 2.38. The smallest absolute Gasteiger partial charge is 0.159 e. The van der Waals surface area contributed by atoms with Crippen molar-refractivity contribution in [2.75, 3.05) is 6.61 Å². The molecular weight excluding hydrogens is 246 g/mol. The summed E-state index contributed by atoms with van der Waals surface area (Å²) in [5, 5.41) is 0. The number of carbonyl (C=O) groups excluding carboxylic acids is 1. The number of nitrogens with zero attached hydrogens (tertiary/aromatic N) is 1. The van der Waals surface area contributed by atoms with E-state index in [2.05, 4.69) is 4.98 Å². The second-order valence-corrected chi connectivity index (χ2v) is 4.98. The van der Waals surface area contributed by atoms with Crippen molar-refractivity contribution < 1.29 is 9.53 Å². The van der Waals surface area contributed by atoms with E-state index in [-0.39, 0.29) is 5.78 Å². The summed E-state index contributed by atoms with van der Waals surface area (Å²) in [5.74, 6) is 0.865. The van der Waals surface area contributed by atoms with Gasteiger partial charge in [0.1, 0.15) is 5.75 Å². The van der Waals surface area contributed by atoms with Crippen LogP contribution in [0.2, 0.25) is 0 Å². The zero-order valence-electron chi connectivity index (χ0n) is 10.5. The lowest BCUT2D eigenvalue weighted by Gasteiger charge is -2.06. The Morgan fingerprint density at radius 2 is 2.06 bits per heavy atom. The minimum Gasteiger partial charge on any atom is -0.493 e. The zero-order valence-corrected chi connectivity index (χ0v) is 11.3. The summed E-state index contributed by atoms with van der Waals surface area (Å²) in [6, 6.07) is 7.23. The van der Waals surface area contributed by atoms with E-state index in [1.165, 1.54) is 4.88 Å². The molecule has 94 valence electrons. The Morgan fingerprint density at radius 1 is 1.33 bits per heavy atom. The third-order valence-corrected chi connectivity index (χ3v) is 3.70. The van der Waals surface area contributed by atoms with Crippen molar-refractivity contribution in [1.82, 2.24) is 4.98 Å². The summed E-state index contributed by atoms with van der Waals surface area (Å²) in [6.45, 7) is 4.19. The molecule has 0 aliphatic rings. The van der Waals surface area contributed by atoms with Crippen LogP contribution in [0.1, 0.15) is 27.9 Å². The normalized spacial score (nSPS) is 10.3. The van der Waals surface area contributed by atoms with Gasteiger partial charge in [-0.15, -0.1) is 11.3 Å². The molecule has 0 atom stereocenters. The summed E-state index contributed by atoms with van der Waals surface area (Å²) in [5.41, 5.74) is 3.64. The molecule has 0 saturated carbocycles. The van der Waals surface area contributed by atoms with Crippen LogP contribution in [0.15, 0.2) is 29.8 Å². The molecule has 0 saturated heterocycles. The van der Waals surface area contributed by atoms with E-state index >= 15 is 0 Å². The summed E-state index contributed by atoms with van der Waals surface area (Å²) in [6.07, 6.45) is 0.866. The quantitative estimate of drug-likeness (QED) is 0.775. The maximum absolute atomic E-state index is 11.1. The summed E-state index contributed by atoms with van der Waals surface area (Å²) < 4.78 is 5.64. The van der Waals surface area contributed by atoms with Gasteiger partial charge in [-0.3, -0.25) is 4.79 Å². The van der Waals surface area contributed by atoms with Crippen LogP contribution in [0, 0.1) is 6.92 Å². The number of benzene rings is 1. The molecule has 0 fully saturated rings. The van der Waals surface area contributed by atoms with Gasteiger partial charge < -0.3 is 4.74 Å². The number of ketones is 1. The zero-order chi connectivity index (χ0) is 13.0. The minimum atomic E-state index is 0.0711. The first-order valence-corrected chi connectivity index (χ1v) is 6.67. The van der Waals surface area contributed by atoms with Crippen molar-refractivity contribution in [3.05, 3.63) is 45.9 Å². The van der Waals surface area contributed by atoms with Gasteiger partial charge >= 0.3 is 0 Å². The molecule has 2 rings (SSSR count).